The van der Waals surface area contributed by atoms with E-state index in [4.69, 9.17) is 11.6 Å². The average Bonchev–Trinajstić information content (AvgIpc) is 2.44. The van der Waals surface area contributed by atoms with Gasteiger partial charge in [-0.05, 0) is 33.1 Å². The topological polar surface area (TPSA) is 34.9 Å². The van der Waals surface area contributed by atoms with Crippen molar-refractivity contribution in [2.75, 3.05) is 0 Å². The van der Waals surface area contributed by atoms with Crippen LogP contribution in [-0.2, 0) is 17.8 Å². The number of Topliss-reactive ketones (excluding diaryl/α,β-unsaturated/α-hetero) is 1. The van der Waals surface area contributed by atoms with E-state index in [0.717, 1.165) is 29.4 Å². The van der Waals surface area contributed by atoms with Crippen LogP contribution in [0.1, 0.15) is 38.6 Å². The minimum absolute atomic E-state index is 0.225. The number of rotatable bonds is 5. The Morgan fingerprint density at radius 1 is 1.56 bits per heavy atom. The molecule has 0 aliphatic heterocycles. The third-order valence-corrected chi connectivity index (χ3v) is 3.12. The first-order chi connectivity index (χ1) is 7.45. The third kappa shape index (κ3) is 3.08. The number of nitrogens with zero attached hydrogens (tertiary/aromatic N) is 2. The lowest BCUT2D eigenvalue weighted by molar-refractivity contribution is -0.117. The molecule has 1 heterocycles. The summed E-state index contributed by atoms with van der Waals surface area (Å²) in [5.41, 5.74) is 1.92. The van der Waals surface area contributed by atoms with Gasteiger partial charge in [-0.25, -0.2) is 0 Å². The molecule has 0 aliphatic rings. The Morgan fingerprint density at radius 2 is 2.19 bits per heavy atom. The van der Waals surface area contributed by atoms with Crippen LogP contribution in [-0.4, -0.2) is 15.6 Å². The smallest absolute Gasteiger partial charge is 0.130 e. The molecule has 0 fully saturated rings. The van der Waals surface area contributed by atoms with Crippen molar-refractivity contribution in [2.45, 2.75) is 47.1 Å². The van der Waals surface area contributed by atoms with E-state index in [-0.39, 0.29) is 5.78 Å². The molecule has 0 saturated carbocycles. The molecule has 0 saturated heterocycles. The lowest BCUT2D eigenvalue weighted by atomic mass is 9.99. The summed E-state index contributed by atoms with van der Waals surface area (Å²) in [6, 6.07) is 0. The first-order valence-corrected chi connectivity index (χ1v) is 6.04. The monoisotopic (exact) mass is 242 g/mol. The van der Waals surface area contributed by atoms with E-state index >= 15 is 0 Å². The van der Waals surface area contributed by atoms with Gasteiger partial charge >= 0.3 is 0 Å². The molecule has 0 amide bonds. The van der Waals surface area contributed by atoms with Crippen LogP contribution < -0.4 is 0 Å². The summed E-state index contributed by atoms with van der Waals surface area (Å²) in [5, 5.41) is 5.11. The molecule has 1 aromatic heterocycles. The Balaban J connectivity index is 2.83. The van der Waals surface area contributed by atoms with Crippen molar-refractivity contribution in [2.24, 2.45) is 5.92 Å². The normalized spacial score (nSPS) is 12.8. The van der Waals surface area contributed by atoms with E-state index in [0.29, 0.717) is 12.3 Å². The van der Waals surface area contributed by atoms with Gasteiger partial charge in [-0.3, -0.25) is 4.68 Å². The Bertz CT molecular complexity index is 385. The molecule has 0 aromatic carbocycles. The fraction of sp³-hybridized carbons (Fsp3) is 0.667. The molecular weight excluding hydrogens is 224 g/mol. The number of halogens is 1. The van der Waals surface area contributed by atoms with Crippen LogP contribution in [0, 0.1) is 12.8 Å². The predicted octanol–water partition coefficient (Wildman–Crippen LogP) is 3.02. The highest BCUT2D eigenvalue weighted by Gasteiger charge is 2.16. The molecule has 1 atom stereocenters. The zero-order chi connectivity index (χ0) is 12.3. The van der Waals surface area contributed by atoms with Gasteiger partial charge in [0.1, 0.15) is 5.78 Å². The first kappa shape index (κ1) is 13.2. The largest absolute Gasteiger partial charge is 0.300 e. The fourth-order valence-electron chi connectivity index (χ4n) is 1.96. The van der Waals surface area contributed by atoms with Crippen LogP contribution in [0.25, 0.3) is 0 Å². The standard InChI is InChI=1S/C12H19ClN2O/c1-5-15-11(12(13)10(4)14-15)7-8(2)6-9(3)16/h8H,5-7H2,1-4H3. The van der Waals surface area contributed by atoms with Gasteiger partial charge in [0.05, 0.1) is 16.4 Å². The molecule has 3 nitrogen and oxygen atoms in total. The van der Waals surface area contributed by atoms with Gasteiger partial charge in [0.15, 0.2) is 0 Å². The number of carbonyl (C=O) groups excluding carboxylic acids is 1. The van der Waals surface area contributed by atoms with Crippen LogP contribution in [0.5, 0.6) is 0 Å². The first-order valence-electron chi connectivity index (χ1n) is 5.66. The van der Waals surface area contributed by atoms with E-state index in [2.05, 4.69) is 12.0 Å². The van der Waals surface area contributed by atoms with Crippen LogP contribution in [0.15, 0.2) is 0 Å². The summed E-state index contributed by atoms with van der Waals surface area (Å²) in [6.07, 6.45) is 1.41. The van der Waals surface area contributed by atoms with Crippen molar-refractivity contribution in [1.29, 1.82) is 0 Å². The summed E-state index contributed by atoms with van der Waals surface area (Å²) in [4.78, 5) is 11.0. The molecule has 0 bridgehead atoms. The SMILES string of the molecule is CCn1nc(C)c(Cl)c1CC(C)CC(C)=O. The van der Waals surface area contributed by atoms with Gasteiger partial charge in [0.25, 0.3) is 0 Å². The van der Waals surface area contributed by atoms with Gasteiger partial charge in [-0.1, -0.05) is 18.5 Å². The van der Waals surface area contributed by atoms with Crippen LogP contribution in [0.4, 0.5) is 0 Å². The van der Waals surface area contributed by atoms with Crippen molar-refractivity contribution in [3.05, 3.63) is 16.4 Å². The molecule has 0 N–H and O–H groups in total. The van der Waals surface area contributed by atoms with E-state index < -0.39 is 0 Å². The highest BCUT2D eigenvalue weighted by atomic mass is 35.5. The zero-order valence-electron chi connectivity index (χ0n) is 10.4. The molecule has 4 heteroatoms. The van der Waals surface area contributed by atoms with Crippen molar-refractivity contribution in [3.8, 4) is 0 Å². The number of hydrogen-bond acceptors (Lipinski definition) is 2. The highest BCUT2D eigenvalue weighted by Crippen LogP contribution is 2.24. The number of aromatic nitrogens is 2. The minimum Gasteiger partial charge on any atom is -0.300 e. The van der Waals surface area contributed by atoms with Crippen LogP contribution >= 0.6 is 11.6 Å². The Labute approximate surface area is 102 Å². The third-order valence-electron chi connectivity index (χ3n) is 2.63. The predicted molar refractivity (Wildman–Crippen MR) is 65.8 cm³/mol. The number of hydrogen-bond donors (Lipinski definition) is 0. The quantitative estimate of drug-likeness (QED) is 0.796. The van der Waals surface area contributed by atoms with Gasteiger partial charge in [-0.15, -0.1) is 0 Å². The molecule has 1 rings (SSSR count). The number of aryl methyl sites for hydroxylation is 2. The second-order valence-electron chi connectivity index (χ2n) is 4.38. The van der Waals surface area contributed by atoms with Crippen molar-refractivity contribution >= 4 is 17.4 Å². The van der Waals surface area contributed by atoms with Crippen molar-refractivity contribution < 1.29 is 4.79 Å². The maximum absolute atomic E-state index is 11.0. The summed E-state index contributed by atoms with van der Waals surface area (Å²) >= 11 is 6.21. The number of carbonyl (C=O) groups is 1. The summed E-state index contributed by atoms with van der Waals surface area (Å²) in [7, 11) is 0. The van der Waals surface area contributed by atoms with E-state index in [9.17, 15) is 4.79 Å². The number of ketones is 1. The van der Waals surface area contributed by atoms with Crippen molar-refractivity contribution in [3.63, 3.8) is 0 Å². The fourth-order valence-corrected chi connectivity index (χ4v) is 2.17. The lowest BCUT2D eigenvalue weighted by Crippen LogP contribution is -2.10. The molecule has 0 aliphatic carbocycles. The molecule has 1 aromatic rings. The summed E-state index contributed by atoms with van der Waals surface area (Å²) in [6.45, 7) is 8.46. The second-order valence-corrected chi connectivity index (χ2v) is 4.76. The molecule has 16 heavy (non-hydrogen) atoms. The molecular formula is C12H19ClN2O. The highest BCUT2D eigenvalue weighted by molar-refractivity contribution is 6.31. The van der Waals surface area contributed by atoms with Crippen molar-refractivity contribution in [1.82, 2.24) is 9.78 Å². The minimum atomic E-state index is 0.225. The zero-order valence-corrected chi connectivity index (χ0v) is 11.1. The summed E-state index contributed by atoms with van der Waals surface area (Å²) < 4.78 is 1.92. The Morgan fingerprint density at radius 3 is 2.69 bits per heavy atom. The molecule has 1 unspecified atom stereocenters. The summed E-state index contributed by atoms with van der Waals surface area (Å²) in [5.74, 6) is 0.541. The lowest BCUT2D eigenvalue weighted by Gasteiger charge is -2.11. The maximum Gasteiger partial charge on any atom is 0.130 e. The van der Waals surface area contributed by atoms with Crippen LogP contribution in [0.3, 0.4) is 0 Å². The molecule has 0 spiro atoms. The molecule has 90 valence electrons. The maximum atomic E-state index is 11.0. The van der Waals surface area contributed by atoms with Gasteiger partial charge in [-0.2, -0.15) is 5.10 Å². The second kappa shape index (κ2) is 5.48. The average molecular weight is 243 g/mol. The van der Waals surface area contributed by atoms with E-state index in [1.165, 1.54) is 0 Å². The van der Waals surface area contributed by atoms with E-state index in [1.54, 1.807) is 6.92 Å². The Kier molecular flexibility index (Phi) is 4.54. The van der Waals surface area contributed by atoms with Gasteiger partial charge in [0.2, 0.25) is 0 Å². The van der Waals surface area contributed by atoms with Gasteiger partial charge in [0, 0.05) is 13.0 Å². The Hall–Kier alpha value is -0.830. The van der Waals surface area contributed by atoms with E-state index in [1.807, 2.05) is 18.5 Å². The van der Waals surface area contributed by atoms with Crippen LogP contribution in [0.2, 0.25) is 5.02 Å². The van der Waals surface area contributed by atoms with Gasteiger partial charge < -0.3 is 4.79 Å². The molecule has 0 radical (unpaired) electrons.